The quantitative estimate of drug-likeness (QED) is 0.574. The van der Waals surface area contributed by atoms with Gasteiger partial charge < -0.3 is 24.6 Å². The summed E-state index contributed by atoms with van der Waals surface area (Å²) in [6, 6.07) is 6.32. The molecule has 2 aliphatic rings. The van der Waals surface area contributed by atoms with Crippen molar-refractivity contribution in [3.05, 3.63) is 28.2 Å². The number of hydrogen-bond donors (Lipinski definition) is 2. The number of rotatable bonds is 9. The second-order valence-electron chi connectivity index (χ2n) is 7.19. The number of fused-ring (bicyclic) bond motifs is 1. The molecule has 0 spiro atoms. The van der Waals surface area contributed by atoms with E-state index < -0.39 is 6.10 Å². The predicted octanol–water partition coefficient (Wildman–Crippen LogP) is 2.25. The third kappa shape index (κ3) is 5.82. The van der Waals surface area contributed by atoms with E-state index >= 15 is 0 Å². The standard InChI is InChI=1S/C22H31N3O4S/c1-3-28-19-11-16-5-6-24-22(18(16)12-20(19)29-4-2)21(13-23)30-15-17(26)14-25-7-9-27-10-8-25/h11-12,17,24,26H,3-10,14-15H2,1-2H3/b22-21-/t17-/m0/s1. The number of benzene rings is 1. The zero-order chi connectivity index (χ0) is 21.3. The summed E-state index contributed by atoms with van der Waals surface area (Å²) in [6.45, 7) is 9.45. The number of ether oxygens (including phenoxy) is 3. The molecule has 1 saturated heterocycles. The van der Waals surface area contributed by atoms with Gasteiger partial charge in [0.25, 0.3) is 0 Å². The summed E-state index contributed by atoms with van der Waals surface area (Å²) in [5, 5.41) is 23.7. The minimum absolute atomic E-state index is 0.468. The number of nitriles is 1. The Bertz CT molecular complexity index is 787. The van der Waals surface area contributed by atoms with Gasteiger partial charge in [-0.15, -0.1) is 11.8 Å². The van der Waals surface area contributed by atoms with Gasteiger partial charge in [0, 0.05) is 37.5 Å². The van der Waals surface area contributed by atoms with Crippen molar-refractivity contribution in [1.82, 2.24) is 10.2 Å². The van der Waals surface area contributed by atoms with Gasteiger partial charge in [-0.05, 0) is 38.0 Å². The van der Waals surface area contributed by atoms with Crippen LogP contribution in [0, 0.1) is 11.3 Å². The van der Waals surface area contributed by atoms with Crippen LogP contribution in [0.4, 0.5) is 0 Å². The average molecular weight is 434 g/mol. The van der Waals surface area contributed by atoms with Gasteiger partial charge >= 0.3 is 0 Å². The van der Waals surface area contributed by atoms with Gasteiger partial charge in [-0.2, -0.15) is 5.26 Å². The van der Waals surface area contributed by atoms with Gasteiger partial charge in [-0.25, -0.2) is 0 Å². The van der Waals surface area contributed by atoms with Gasteiger partial charge in [0.05, 0.1) is 38.2 Å². The lowest BCUT2D eigenvalue weighted by atomic mass is 9.97. The smallest absolute Gasteiger partial charge is 0.161 e. The fourth-order valence-corrected chi connectivity index (χ4v) is 4.53. The van der Waals surface area contributed by atoms with E-state index in [1.54, 1.807) is 0 Å². The molecule has 0 saturated carbocycles. The van der Waals surface area contributed by atoms with E-state index in [1.165, 1.54) is 11.8 Å². The molecule has 164 valence electrons. The monoisotopic (exact) mass is 433 g/mol. The van der Waals surface area contributed by atoms with Crippen molar-refractivity contribution < 1.29 is 19.3 Å². The minimum Gasteiger partial charge on any atom is -0.490 e. The lowest BCUT2D eigenvalue weighted by Crippen LogP contribution is -2.41. The first-order valence-electron chi connectivity index (χ1n) is 10.6. The summed E-state index contributed by atoms with van der Waals surface area (Å²) < 4.78 is 16.9. The zero-order valence-corrected chi connectivity index (χ0v) is 18.6. The molecule has 1 aromatic carbocycles. The molecule has 2 aliphatic heterocycles. The molecule has 2 heterocycles. The third-order valence-electron chi connectivity index (χ3n) is 5.06. The van der Waals surface area contributed by atoms with E-state index in [0.717, 1.165) is 48.6 Å². The topological polar surface area (TPSA) is 87.0 Å². The van der Waals surface area contributed by atoms with Crippen LogP contribution in [0.25, 0.3) is 5.70 Å². The van der Waals surface area contributed by atoms with Crippen LogP contribution in [0.15, 0.2) is 17.0 Å². The maximum Gasteiger partial charge on any atom is 0.161 e. The van der Waals surface area contributed by atoms with Crippen LogP contribution in [-0.4, -0.2) is 74.5 Å². The Hall–Kier alpha value is -1.92. The molecule has 0 amide bonds. The van der Waals surface area contributed by atoms with Crippen molar-refractivity contribution >= 4 is 17.5 Å². The number of nitrogens with zero attached hydrogens (tertiary/aromatic N) is 2. The van der Waals surface area contributed by atoms with E-state index in [1.807, 2.05) is 26.0 Å². The Morgan fingerprint density at radius 1 is 1.27 bits per heavy atom. The molecule has 1 aromatic rings. The molecule has 0 bridgehead atoms. The first-order chi connectivity index (χ1) is 14.7. The van der Waals surface area contributed by atoms with Crippen LogP contribution in [0.5, 0.6) is 11.5 Å². The van der Waals surface area contributed by atoms with Crippen molar-refractivity contribution in [1.29, 1.82) is 5.26 Å². The molecule has 3 rings (SSSR count). The van der Waals surface area contributed by atoms with Gasteiger partial charge in [-0.1, -0.05) is 0 Å². The number of morpholine rings is 1. The molecule has 0 aromatic heterocycles. The average Bonchev–Trinajstić information content (AvgIpc) is 2.76. The number of aliphatic hydroxyl groups excluding tert-OH is 1. The van der Waals surface area contributed by atoms with Crippen molar-refractivity contribution in [3.8, 4) is 17.6 Å². The van der Waals surface area contributed by atoms with E-state index in [4.69, 9.17) is 14.2 Å². The second kappa shape index (κ2) is 11.5. The third-order valence-corrected chi connectivity index (χ3v) is 6.19. The van der Waals surface area contributed by atoms with Crippen LogP contribution in [-0.2, 0) is 11.2 Å². The highest BCUT2D eigenvalue weighted by molar-refractivity contribution is 8.03. The normalized spacial score (nSPS) is 19.3. The van der Waals surface area contributed by atoms with Gasteiger partial charge in [0.15, 0.2) is 11.5 Å². The molecule has 30 heavy (non-hydrogen) atoms. The maximum atomic E-state index is 10.5. The van der Waals surface area contributed by atoms with Crippen molar-refractivity contribution in [2.24, 2.45) is 0 Å². The van der Waals surface area contributed by atoms with Crippen molar-refractivity contribution in [2.75, 3.05) is 58.4 Å². The van der Waals surface area contributed by atoms with Crippen LogP contribution < -0.4 is 14.8 Å². The molecule has 2 N–H and O–H groups in total. The Morgan fingerprint density at radius 2 is 1.97 bits per heavy atom. The first kappa shape index (κ1) is 22.8. The Labute approximate surface area is 183 Å². The molecule has 0 radical (unpaired) electrons. The predicted molar refractivity (Wildman–Crippen MR) is 119 cm³/mol. The molecule has 0 aliphatic carbocycles. The summed E-state index contributed by atoms with van der Waals surface area (Å²) in [5.41, 5.74) is 2.92. The lowest BCUT2D eigenvalue weighted by molar-refractivity contribution is 0.0188. The zero-order valence-electron chi connectivity index (χ0n) is 17.8. The number of hydrogen-bond acceptors (Lipinski definition) is 8. The number of allylic oxidation sites excluding steroid dienone is 1. The number of thioether (sulfide) groups is 1. The Kier molecular flexibility index (Phi) is 8.70. The minimum atomic E-state index is -0.501. The van der Waals surface area contributed by atoms with Crippen molar-refractivity contribution in [3.63, 3.8) is 0 Å². The lowest BCUT2D eigenvalue weighted by Gasteiger charge is -2.28. The molecule has 0 unspecified atom stereocenters. The molecular weight excluding hydrogens is 402 g/mol. The Balaban J connectivity index is 1.77. The van der Waals surface area contributed by atoms with Gasteiger partial charge in [0.2, 0.25) is 0 Å². The van der Waals surface area contributed by atoms with Crippen molar-refractivity contribution in [2.45, 2.75) is 26.4 Å². The highest BCUT2D eigenvalue weighted by Gasteiger charge is 2.23. The fourth-order valence-electron chi connectivity index (χ4n) is 3.67. The summed E-state index contributed by atoms with van der Waals surface area (Å²) in [5.74, 6) is 1.90. The summed E-state index contributed by atoms with van der Waals surface area (Å²) in [4.78, 5) is 2.79. The van der Waals surface area contributed by atoms with E-state index in [2.05, 4.69) is 16.3 Å². The molecule has 7 nitrogen and oxygen atoms in total. The number of nitrogens with one attached hydrogen (secondary N) is 1. The molecular formula is C22H31N3O4S. The number of β-amino-alcohol motifs (C(OH)–C–C–N with tert-alkyl or cyclic N) is 1. The van der Waals surface area contributed by atoms with E-state index in [-0.39, 0.29) is 0 Å². The largest absolute Gasteiger partial charge is 0.490 e. The summed E-state index contributed by atoms with van der Waals surface area (Å²) in [6.07, 6.45) is 0.355. The van der Waals surface area contributed by atoms with Gasteiger partial charge in [0.1, 0.15) is 11.0 Å². The maximum absolute atomic E-state index is 10.5. The molecule has 8 heteroatoms. The van der Waals surface area contributed by atoms with E-state index in [0.29, 0.717) is 49.4 Å². The molecule has 1 atom stereocenters. The molecule has 1 fully saturated rings. The fraction of sp³-hybridized carbons (Fsp3) is 0.591. The van der Waals surface area contributed by atoms with Crippen LogP contribution in [0.2, 0.25) is 0 Å². The highest BCUT2D eigenvalue weighted by Crippen LogP contribution is 2.37. The summed E-state index contributed by atoms with van der Waals surface area (Å²) in [7, 11) is 0. The number of aliphatic hydroxyl groups is 1. The Morgan fingerprint density at radius 3 is 2.63 bits per heavy atom. The van der Waals surface area contributed by atoms with Crippen LogP contribution in [0.3, 0.4) is 0 Å². The van der Waals surface area contributed by atoms with Crippen LogP contribution in [0.1, 0.15) is 25.0 Å². The van der Waals surface area contributed by atoms with E-state index in [9.17, 15) is 10.4 Å². The second-order valence-corrected chi connectivity index (χ2v) is 8.22. The summed E-state index contributed by atoms with van der Waals surface area (Å²) >= 11 is 1.40. The van der Waals surface area contributed by atoms with Gasteiger partial charge in [-0.3, -0.25) is 4.90 Å². The highest BCUT2D eigenvalue weighted by atomic mass is 32.2. The van der Waals surface area contributed by atoms with Crippen LogP contribution >= 0.6 is 11.8 Å². The SMILES string of the molecule is CCOc1cc2c(cc1OCC)/C(=C(\C#N)SC[C@@H](O)CN1CCOCC1)NCC2. The first-order valence-corrected chi connectivity index (χ1v) is 11.6.